The van der Waals surface area contributed by atoms with Crippen LogP contribution in [-0.4, -0.2) is 30.0 Å². The van der Waals surface area contributed by atoms with E-state index >= 15 is 0 Å². The maximum atomic E-state index is 12.1. The molecule has 0 aliphatic carbocycles. The van der Waals surface area contributed by atoms with Crippen LogP contribution in [0.3, 0.4) is 0 Å². The van der Waals surface area contributed by atoms with Crippen molar-refractivity contribution in [2.24, 2.45) is 0 Å². The molecule has 1 amide bonds. The van der Waals surface area contributed by atoms with Gasteiger partial charge in [0.05, 0.1) is 0 Å². The molecular weight excluding hydrogens is 356 g/mol. The van der Waals surface area contributed by atoms with E-state index in [4.69, 9.17) is 4.74 Å². The van der Waals surface area contributed by atoms with Crippen molar-refractivity contribution in [2.45, 2.75) is 19.0 Å². The van der Waals surface area contributed by atoms with Gasteiger partial charge in [-0.15, -0.1) is 12.4 Å². The van der Waals surface area contributed by atoms with Crippen LogP contribution >= 0.6 is 24.2 Å². The lowest BCUT2D eigenvalue weighted by Crippen LogP contribution is -2.41. The molecule has 0 spiro atoms. The number of hydrogen-bond donors (Lipinski definition) is 2. The zero-order valence-electron chi connectivity index (χ0n) is 13.9. The van der Waals surface area contributed by atoms with Crippen LogP contribution in [0.25, 0.3) is 0 Å². The van der Waals surface area contributed by atoms with Gasteiger partial charge < -0.3 is 15.4 Å². The summed E-state index contributed by atoms with van der Waals surface area (Å²) in [5.74, 6) is 3.81. The first-order valence-corrected chi connectivity index (χ1v) is 9.35. The Kier molecular flexibility index (Phi) is 8.12. The average Bonchev–Trinajstić information content (AvgIpc) is 2.62. The van der Waals surface area contributed by atoms with E-state index in [1.54, 1.807) is 0 Å². The summed E-state index contributed by atoms with van der Waals surface area (Å²) in [5.41, 5.74) is 1.03. The molecule has 0 saturated carbocycles. The second kappa shape index (κ2) is 10.3. The van der Waals surface area contributed by atoms with Gasteiger partial charge >= 0.3 is 0 Å². The van der Waals surface area contributed by atoms with Crippen LogP contribution in [0.2, 0.25) is 0 Å². The number of ether oxygens (including phenoxy) is 1. The molecule has 0 radical (unpaired) electrons. The Balaban J connectivity index is 0.00000225. The summed E-state index contributed by atoms with van der Waals surface area (Å²) in [7, 11) is 0. The third kappa shape index (κ3) is 6.61. The minimum Gasteiger partial charge on any atom is -0.457 e. The zero-order chi connectivity index (χ0) is 16.6. The third-order valence-corrected chi connectivity index (χ3v) is 4.93. The number of nitrogens with one attached hydrogen (secondary N) is 2. The maximum absolute atomic E-state index is 12.1. The lowest BCUT2D eigenvalue weighted by molar-refractivity contribution is -0.121. The summed E-state index contributed by atoms with van der Waals surface area (Å²) in [4.78, 5) is 12.1. The highest BCUT2D eigenvalue weighted by molar-refractivity contribution is 7.99. The number of carbonyl (C=O) groups is 1. The molecule has 25 heavy (non-hydrogen) atoms. The minimum atomic E-state index is 0. The van der Waals surface area contributed by atoms with Gasteiger partial charge in [-0.2, -0.15) is 11.8 Å². The van der Waals surface area contributed by atoms with E-state index in [9.17, 15) is 4.79 Å². The molecule has 2 N–H and O–H groups in total. The molecule has 1 saturated heterocycles. The van der Waals surface area contributed by atoms with Crippen LogP contribution in [0.15, 0.2) is 54.6 Å². The lowest BCUT2D eigenvalue weighted by atomic mass is 10.2. The van der Waals surface area contributed by atoms with E-state index in [1.165, 1.54) is 0 Å². The molecule has 1 atom stereocenters. The topological polar surface area (TPSA) is 50.4 Å². The van der Waals surface area contributed by atoms with Gasteiger partial charge in [-0.3, -0.25) is 4.79 Å². The van der Waals surface area contributed by atoms with E-state index < -0.39 is 0 Å². The number of rotatable bonds is 6. The van der Waals surface area contributed by atoms with E-state index in [-0.39, 0.29) is 24.4 Å². The van der Waals surface area contributed by atoms with Crippen molar-refractivity contribution < 1.29 is 9.53 Å². The minimum absolute atomic E-state index is 0. The Morgan fingerprint density at radius 3 is 2.72 bits per heavy atom. The lowest BCUT2D eigenvalue weighted by Gasteiger charge is -2.22. The summed E-state index contributed by atoms with van der Waals surface area (Å²) in [6.07, 6.45) is 0.535. The Bertz CT molecular complexity index is 663. The number of thioether (sulfide) groups is 1. The molecular formula is C19H23ClN2O2S. The number of amides is 1. The highest BCUT2D eigenvalue weighted by Gasteiger charge is 2.16. The predicted molar refractivity (Wildman–Crippen MR) is 106 cm³/mol. The summed E-state index contributed by atoms with van der Waals surface area (Å²) in [6, 6.07) is 17.8. The van der Waals surface area contributed by atoms with Crippen LogP contribution in [0, 0.1) is 0 Å². The second-order valence-corrected chi connectivity index (χ2v) is 6.92. The smallest absolute Gasteiger partial charge is 0.221 e. The largest absolute Gasteiger partial charge is 0.457 e. The summed E-state index contributed by atoms with van der Waals surface area (Å²) < 4.78 is 5.82. The van der Waals surface area contributed by atoms with E-state index in [0.717, 1.165) is 35.1 Å². The molecule has 1 aliphatic rings. The van der Waals surface area contributed by atoms with Crippen LogP contribution in [0.1, 0.15) is 12.0 Å². The van der Waals surface area contributed by atoms with Gasteiger partial charge in [0.2, 0.25) is 5.91 Å². The van der Waals surface area contributed by atoms with Gasteiger partial charge in [0.15, 0.2) is 0 Å². The quantitative estimate of drug-likeness (QED) is 0.806. The molecule has 2 aromatic rings. The standard InChI is InChI=1S/C19H22N2O2S.ClH/c22-19(12-16-14-24-10-9-20-16)21-13-15-5-4-8-18(11-15)23-17-6-2-1-3-7-17;/h1-8,11,16,20H,9-10,12-14H2,(H,21,22);1H. The summed E-state index contributed by atoms with van der Waals surface area (Å²) in [6.45, 7) is 1.51. The molecule has 3 rings (SSSR count). The number of benzene rings is 2. The molecule has 0 bridgehead atoms. The van der Waals surface area contributed by atoms with E-state index in [2.05, 4.69) is 10.6 Å². The fourth-order valence-corrected chi connectivity index (χ4v) is 3.54. The first-order chi connectivity index (χ1) is 11.8. The number of para-hydroxylation sites is 1. The van der Waals surface area contributed by atoms with Crippen LogP contribution in [0.4, 0.5) is 0 Å². The van der Waals surface area contributed by atoms with Gasteiger partial charge in [0.25, 0.3) is 0 Å². The van der Waals surface area contributed by atoms with Crippen molar-refractivity contribution in [1.82, 2.24) is 10.6 Å². The van der Waals surface area contributed by atoms with Crippen molar-refractivity contribution in [3.63, 3.8) is 0 Å². The van der Waals surface area contributed by atoms with E-state index in [1.807, 2.05) is 66.4 Å². The Morgan fingerprint density at radius 1 is 1.16 bits per heavy atom. The van der Waals surface area contributed by atoms with Gasteiger partial charge in [0, 0.05) is 37.1 Å². The molecule has 1 unspecified atom stereocenters. The van der Waals surface area contributed by atoms with Crippen molar-refractivity contribution in [2.75, 3.05) is 18.1 Å². The van der Waals surface area contributed by atoms with Gasteiger partial charge in [-0.25, -0.2) is 0 Å². The van der Waals surface area contributed by atoms with E-state index in [0.29, 0.717) is 13.0 Å². The summed E-state index contributed by atoms with van der Waals surface area (Å²) in [5, 5.41) is 6.38. The Hall–Kier alpha value is -1.69. The fraction of sp³-hybridized carbons (Fsp3) is 0.316. The zero-order valence-corrected chi connectivity index (χ0v) is 15.6. The van der Waals surface area contributed by atoms with Crippen LogP contribution in [-0.2, 0) is 11.3 Å². The molecule has 1 heterocycles. The molecule has 4 nitrogen and oxygen atoms in total. The predicted octanol–water partition coefficient (Wildman–Crippen LogP) is 3.61. The van der Waals surface area contributed by atoms with Crippen LogP contribution < -0.4 is 15.4 Å². The molecule has 134 valence electrons. The Morgan fingerprint density at radius 2 is 1.96 bits per heavy atom. The van der Waals surface area contributed by atoms with Crippen molar-refractivity contribution >= 4 is 30.1 Å². The molecule has 1 aliphatic heterocycles. The number of carbonyl (C=O) groups excluding carboxylic acids is 1. The number of halogens is 1. The highest BCUT2D eigenvalue weighted by Crippen LogP contribution is 2.21. The van der Waals surface area contributed by atoms with Gasteiger partial charge in [-0.05, 0) is 29.8 Å². The van der Waals surface area contributed by atoms with Crippen molar-refractivity contribution in [3.05, 3.63) is 60.2 Å². The van der Waals surface area contributed by atoms with Crippen molar-refractivity contribution in [3.8, 4) is 11.5 Å². The highest BCUT2D eigenvalue weighted by atomic mass is 35.5. The first-order valence-electron chi connectivity index (χ1n) is 8.19. The molecule has 2 aromatic carbocycles. The third-order valence-electron chi connectivity index (χ3n) is 3.80. The van der Waals surface area contributed by atoms with Gasteiger partial charge in [0.1, 0.15) is 11.5 Å². The SMILES string of the molecule is Cl.O=C(CC1CSCCN1)NCc1cccc(Oc2ccccc2)c1. The number of hydrogen-bond acceptors (Lipinski definition) is 4. The Labute approximate surface area is 159 Å². The molecule has 1 fully saturated rings. The molecule has 0 aromatic heterocycles. The molecule has 6 heteroatoms. The van der Waals surface area contributed by atoms with Crippen molar-refractivity contribution in [1.29, 1.82) is 0 Å². The summed E-state index contributed by atoms with van der Waals surface area (Å²) >= 11 is 1.90. The normalized spacial score (nSPS) is 16.6. The van der Waals surface area contributed by atoms with Gasteiger partial charge in [-0.1, -0.05) is 30.3 Å². The fourth-order valence-electron chi connectivity index (χ4n) is 2.59. The first kappa shape index (κ1) is 19.6. The monoisotopic (exact) mass is 378 g/mol. The second-order valence-electron chi connectivity index (χ2n) is 5.77. The maximum Gasteiger partial charge on any atom is 0.221 e. The van der Waals surface area contributed by atoms with Crippen LogP contribution in [0.5, 0.6) is 11.5 Å². The average molecular weight is 379 g/mol.